The van der Waals surface area contributed by atoms with Crippen molar-refractivity contribution in [3.8, 4) is 11.3 Å². The van der Waals surface area contributed by atoms with E-state index < -0.39 is 0 Å². The number of hydrogen-bond donors (Lipinski definition) is 1. The summed E-state index contributed by atoms with van der Waals surface area (Å²) in [5.41, 5.74) is 7.30. The van der Waals surface area contributed by atoms with Crippen LogP contribution in [0.1, 0.15) is 23.0 Å². The van der Waals surface area contributed by atoms with Crippen LogP contribution in [0.25, 0.3) is 11.3 Å². The number of ether oxygens (including phenoxy) is 1. The lowest BCUT2D eigenvalue weighted by Gasteiger charge is -1.97. The molecule has 2 rings (SSSR count). The van der Waals surface area contributed by atoms with Gasteiger partial charge in [-0.1, -0.05) is 0 Å². The molecule has 0 saturated carbocycles. The molecule has 2 aromatic rings. The number of furan rings is 1. The summed E-state index contributed by atoms with van der Waals surface area (Å²) in [7, 11) is 0. The first-order valence-electron chi connectivity index (χ1n) is 6.28. The van der Waals surface area contributed by atoms with E-state index in [4.69, 9.17) is 14.9 Å². The Bertz CT molecular complexity index is 627. The monoisotopic (exact) mass is 272 g/mol. The van der Waals surface area contributed by atoms with E-state index in [0.29, 0.717) is 23.7 Å². The van der Waals surface area contributed by atoms with Crippen molar-refractivity contribution in [1.29, 1.82) is 0 Å². The second-order valence-corrected chi connectivity index (χ2v) is 4.13. The lowest BCUT2D eigenvalue weighted by Crippen LogP contribution is -2.04. The Hall–Kier alpha value is -2.56. The molecule has 0 radical (unpaired) electrons. The molecule has 20 heavy (non-hydrogen) atoms. The van der Waals surface area contributed by atoms with E-state index in [1.165, 1.54) is 6.34 Å². The molecule has 0 saturated heterocycles. The molecule has 5 heteroatoms. The first-order chi connectivity index (χ1) is 9.65. The number of nitrogens with zero attached hydrogens (tertiary/aromatic N) is 1. The number of rotatable bonds is 4. The van der Waals surface area contributed by atoms with E-state index in [0.717, 1.165) is 11.3 Å². The van der Waals surface area contributed by atoms with E-state index in [2.05, 4.69) is 4.99 Å². The Labute approximate surface area is 117 Å². The molecule has 1 aromatic heterocycles. The number of nitrogens with two attached hydrogens (primary N) is 1. The van der Waals surface area contributed by atoms with Crippen LogP contribution in [0.4, 0.5) is 5.69 Å². The summed E-state index contributed by atoms with van der Waals surface area (Å²) in [6, 6.07) is 9.04. The molecule has 0 unspecified atom stereocenters. The highest BCUT2D eigenvalue weighted by Crippen LogP contribution is 2.27. The smallest absolute Gasteiger partial charge is 0.341 e. The van der Waals surface area contributed by atoms with Gasteiger partial charge in [0.2, 0.25) is 0 Å². The van der Waals surface area contributed by atoms with Gasteiger partial charge in [-0.05, 0) is 44.2 Å². The van der Waals surface area contributed by atoms with Crippen molar-refractivity contribution in [3.63, 3.8) is 0 Å². The van der Waals surface area contributed by atoms with E-state index >= 15 is 0 Å². The van der Waals surface area contributed by atoms with Crippen LogP contribution in [0.15, 0.2) is 39.7 Å². The van der Waals surface area contributed by atoms with Crippen LogP contribution in [-0.4, -0.2) is 18.9 Å². The van der Waals surface area contributed by atoms with Gasteiger partial charge in [0.25, 0.3) is 0 Å². The second kappa shape index (κ2) is 6.06. The van der Waals surface area contributed by atoms with Crippen molar-refractivity contribution in [1.82, 2.24) is 0 Å². The molecule has 0 amide bonds. The van der Waals surface area contributed by atoms with Gasteiger partial charge in [-0.3, -0.25) is 0 Å². The highest BCUT2D eigenvalue weighted by molar-refractivity contribution is 5.91. The predicted octanol–water partition coefficient (Wildman–Crippen LogP) is 3.05. The lowest BCUT2D eigenvalue weighted by molar-refractivity contribution is 0.0524. The third-order valence-electron chi connectivity index (χ3n) is 2.79. The summed E-state index contributed by atoms with van der Waals surface area (Å²) in [5, 5.41) is 0. The molecular weight excluding hydrogens is 256 g/mol. The first-order valence-corrected chi connectivity index (χ1v) is 6.28. The largest absolute Gasteiger partial charge is 0.462 e. The number of aryl methyl sites for hydroxylation is 1. The number of aliphatic imine (C=N–C) groups is 1. The molecule has 5 nitrogen and oxygen atoms in total. The van der Waals surface area contributed by atoms with E-state index in [1.54, 1.807) is 19.9 Å². The Morgan fingerprint density at radius 2 is 2.10 bits per heavy atom. The third kappa shape index (κ3) is 2.88. The zero-order valence-electron chi connectivity index (χ0n) is 11.4. The molecule has 0 atom stereocenters. The number of carbonyl (C=O) groups excluding carboxylic acids is 1. The molecule has 0 spiro atoms. The van der Waals surface area contributed by atoms with Crippen LogP contribution < -0.4 is 5.73 Å². The third-order valence-corrected chi connectivity index (χ3v) is 2.79. The van der Waals surface area contributed by atoms with Crippen LogP contribution in [0.2, 0.25) is 0 Å². The summed E-state index contributed by atoms with van der Waals surface area (Å²) in [5.74, 6) is 0.792. The fraction of sp³-hybridized carbons (Fsp3) is 0.200. The van der Waals surface area contributed by atoms with Crippen LogP contribution in [-0.2, 0) is 4.74 Å². The fourth-order valence-electron chi connectivity index (χ4n) is 1.83. The standard InChI is InChI=1S/C15H16N2O3/c1-3-19-15(18)13-8-14(20-10(13)2)11-4-6-12(7-5-11)17-9-16/h4-9H,3H2,1-2H3,(H2,16,17). The maximum atomic E-state index is 11.7. The molecule has 0 aliphatic rings. The number of esters is 1. The van der Waals surface area contributed by atoms with Gasteiger partial charge in [0.05, 0.1) is 18.6 Å². The van der Waals surface area contributed by atoms with Crippen molar-refractivity contribution >= 4 is 18.0 Å². The minimum absolute atomic E-state index is 0.338. The maximum absolute atomic E-state index is 11.7. The summed E-state index contributed by atoms with van der Waals surface area (Å²) >= 11 is 0. The van der Waals surface area contributed by atoms with Crippen molar-refractivity contribution < 1.29 is 13.9 Å². The second-order valence-electron chi connectivity index (χ2n) is 4.13. The Morgan fingerprint density at radius 3 is 2.70 bits per heavy atom. The SMILES string of the molecule is CCOC(=O)c1cc(-c2ccc(N=CN)cc2)oc1C. The van der Waals surface area contributed by atoms with Crippen LogP contribution in [0, 0.1) is 6.92 Å². The average molecular weight is 272 g/mol. The number of benzene rings is 1. The number of hydrogen-bond acceptors (Lipinski definition) is 4. The van der Waals surface area contributed by atoms with Gasteiger partial charge >= 0.3 is 5.97 Å². The van der Waals surface area contributed by atoms with Crippen molar-refractivity contribution in [2.24, 2.45) is 10.7 Å². The lowest BCUT2D eigenvalue weighted by atomic mass is 10.1. The highest BCUT2D eigenvalue weighted by Gasteiger charge is 2.16. The van der Waals surface area contributed by atoms with Gasteiger partial charge in [-0.2, -0.15) is 0 Å². The van der Waals surface area contributed by atoms with Crippen LogP contribution in [0.3, 0.4) is 0 Å². The van der Waals surface area contributed by atoms with E-state index in [1.807, 2.05) is 24.3 Å². The van der Waals surface area contributed by atoms with Crippen molar-refractivity contribution in [3.05, 3.63) is 41.7 Å². The van der Waals surface area contributed by atoms with Gasteiger partial charge < -0.3 is 14.9 Å². The van der Waals surface area contributed by atoms with E-state index in [-0.39, 0.29) is 5.97 Å². The van der Waals surface area contributed by atoms with Crippen molar-refractivity contribution in [2.45, 2.75) is 13.8 Å². The molecule has 2 N–H and O–H groups in total. The Morgan fingerprint density at radius 1 is 1.40 bits per heavy atom. The molecule has 1 heterocycles. The zero-order valence-corrected chi connectivity index (χ0v) is 11.4. The first kappa shape index (κ1) is 13.9. The van der Waals surface area contributed by atoms with Crippen LogP contribution in [0.5, 0.6) is 0 Å². The molecule has 0 fully saturated rings. The van der Waals surface area contributed by atoms with Crippen LogP contribution >= 0.6 is 0 Å². The molecule has 0 bridgehead atoms. The summed E-state index contributed by atoms with van der Waals surface area (Å²) in [6.45, 7) is 3.85. The predicted molar refractivity (Wildman–Crippen MR) is 77.2 cm³/mol. The zero-order chi connectivity index (χ0) is 14.5. The summed E-state index contributed by atoms with van der Waals surface area (Å²) in [4.78, 5) is 15.7. The molecule has 1 aromatic carbocycles. The van der Waals surface area contributed by atoms with Crippen molar-refractivity contribution in [2.75, 3.05) is 6.61 Å². The van der Waals surface area contributed by atoms with Gasteiger partial charge in [0.1, 0.15) is 17.1 Å². The fourth-order valence-corrected chi connectivity index (χ4v) is 1.83. The molecular formula is C15H16N2O3. The highest BCUT2D eigenvalue weighted by atomic mass is 16.5. The Balaban J connectivity index is 2.29. The quantitative estimate of drug-likeness (QED) is 0.527. The van der Waals surface area contributed by atoms with Gasteiger partial charge in [-0.15, -0.1) is 0 Å². The molecule has 0 aliphatic carbocycles. The molecule has 0 aliphatic heterocycles. The maximum Gasteiger partial charge on any atom is 0.341 e. The minimum Gasteiger partial charge on any atom is -0.462 e. The number of carbonyl (C=O) groups is 1. The molecule has 104 valence electrons. The van der Waals surface area contributed by atoms with E-state index in [9.17, 15) is 4.79 Å². The topological polar surface area (TPSA) is 77.8 Å². The summed E-state index contributed by atoms with van der Waals surface area (Å²) < 4.78 is 10.6. The summed E-state index contributed by atoms with van der Waals surface area (Å²) in [6.07, 6.45) is 1.24. The van der Waals surface area contributed by atoms with Gasteiger partial charge in [0, 0.05) is 5.56 Å². The van der Waals surface area contributed by atoms with Gasteiger partial charge in [-0.25, -0.2) is 9.79 Å². The van der Waals surface area contributed by atoms with Gasteiger partial charge in [0.15, 0.2) is 0 Å². The Kier molecular flexibility index (Phi) is 4.20. The average Bonchev–Trinajstić information content (AvgIpc) is 2.82. The normalized spacial score (nSPS) is 10.9. The minimum atomic E-state index is -0.371.